The summed E-state index contributed by atoms with van der Waals surface area (Å²) in [4.78, 5) is 31.4. The van der Waals surface area contributed by atoms with Gasteiger partial charge in [-0.1, -0.05) is 6.07 Å². The molecule has 8 heteroatoms. The van der Waals surface area contributed by atoms with E-state index >= 15 is 0 Å². The Bertz CT molecular complexity index is 1270. The average molecular weight is 374 g/mol. The van der Waals surface area contributed by atoms with Crippen LogP contribution in [0.2, 0.25) is 0 Å². The van der Waals surface area contributed by atoms with E-state index in [0.29, 0.717) is 29.3 Å². The molecule has 5 rings (SSSR count). The predicted molar refractivity (Wildman–Crippen MR) is 105 cm³/mol. The summed E-state index contributed by atoms with van der Waals surface area (Å²) in [5.74, 6) is 0.526. The van der Waals surface area contributed by atoms with E-state index < -0.39 is 0 Å². The zero-order chi connectivity index (χ0) is 19.1. The first-order chi connectivity index (χ1) is 13.7. The summed E-state index contributed by atoms with van der Waals surface area (Å²) in [5.41, 5.74) is 3.36. The van der Waals surface area contributed by atoms with Gasteiger partial charge in [-0.15, -0.1) is 0 Å². The molecule has 0 radical (unpaired) electrons. The van der Waals surface area contributed by atoms with Gasteiger partial charge < -0.3 is 14.7 Å². The second-order valence-electron chi connectivity index (χ2n) is 6.97. The molecule has 0 bridgehead atoms. The normalized spacial score (nSPS) is 17.6. The molecule has 1 aliphatic rings. The lowest BCUT2D eigenvalue weighted by Crippen LogP contribution is -2.23. The number of aromatic amines is 2. The summed E-state index contributed by atoms with van der Waals surface area (Å²) in [6.07, 6.45) is 6.08. The van der Waals surface area contributed by atoms with Gasteiger partial charge in [0.2, 0.25) is 0 Å². The molecule has 0 spiro atoms. The number of ether oxygens (including phenoxy) is 1. The number of rotatable bonds is 2. The lowest BCUT2D eigenvalue weighted by molar-refractivity contribution is 0.142. The van der Waals surface area contributed by atoms with Crippen LogP contribution in [0, 0.1) is 6.57 Å². The highest BCUT2D eigenvalue weighted by molar-refractivity contribution is 5.96. The minimum Gasteiger partial charge on any atom is -0.381 e. The van der Waals surface area contributed by atoms with Crippen LogP contribution in [0.3, 0.4) is 0 Å². The Balaban J connectivity index is 1.67. The number of nitrogens with zero attached hydrogens (tertiary/aromatic N) is 4. The fourth-order valence-corrected chi connectivity index (χ4v) is 3.89. The van der Waals surface area contributed by atoms with E-state index in [2.05, 4.69) is 19.8 Å². The third-order valence-electron chi connectivity index (χ3n) is 5.28. The Morgan fingerprint density at radius 1 is 1.25 bits per heavy atom. The van der Waals surface area contributed by atoms with Gasteiger partial charge in [-0.3, -0.25) is 4.57 Å². The van der Waals surface area contributed by atoms with Crippen molar-refractivity contribution in [2.45, 2.75) is 25.3 Å². The molecule has 8 nitrogen and oxygen atoms in total. The number of H-pyrrole nitrogens is 2. The van der Waals surface area contributed by atoms with Gasteiger partial charge in [0.25, 0.3) is 0 Å². The molecular weight excluding hydrogens is 356 g/mol. The quantitative estimate of drug-likeness (QED) is 0.525. The lowest BCUT2D eigenvalue weighted by Gasteiger charge is -2.14. The average Bonchev–Trinajstić information content (AvgIpc) is 3.16. The molecule has 0 aliphatic carbocycles. The summed E-state index contributed by atoms with van der Waals surface area (Å²) in [5, 5.41) is 0.889. The van der Waals surface area contributed by atoms with Crippen molar-refractivity contribution in [1.29, 1.82) is 0 Å². The van der Waals surface area contributed by atoms with Crippen LogP contribution in [0.25, 0.3) is 38.3 Å². The Morgan fingerprint density at radius 3 is 3.07 bits per heavy atom. The van der Waals surface area contributed by atoms with Gasteiger partial charge >= 0.3 is 5.69 Å². The van der Waals surface area contributed by atoms with Gasteiger partial charge in [0.05, 0.1) is 12.8 Å². The van der Waals surface area contributed by atoms with E-state index in [1.807, 2.05) is 18.3 Å². The van der Waals surface area contributed by atoms with Crippen LogP contribution in [0.5, 0.6) is 0 Å². The zero-order valence-electron chi connectivity index (χ0n) is 15.1. The van der Waals surface area contributed by atoms with Gasteiger partial charge in [0.15, 0.2) is 17.2 Å². The van der Waals surface area contributed by atoms with Crippen LogP contribution in [0.15, 0.2) is 35.4 Å². The first-order valence-corrected chi connectivity index (χ1v) is 9.28. The molecule has 4 aromatic rings. The van der Waals surface area contributed by atoms with Crippen molar-refractivity contribution in [3.05, 3.63) is 52.5 Å². The van der Waals surface area contributed by atoms with E-state index in [0.717, 1.165) is 42.3 Å². The maximum Gasteiger partial charge on any atom is 0.327 e. The van der Waals surface area contributed by atoms with Crippen LogP contribution in [0.4, 0.5) is 5.69 Å². The summed E-state index contributed by atoms with van der Waals surface area (Å²) in [6, 6.07) is 5.54. The molecule has 1 atom stereocenters. The highest BCUT2D eigenvalue weighted by atomic mass is 16.5. The number of nitrogens with one attached hydrogen (secondary N) is 2. The van der Waals surface area contributed by atoms with Crippen LogP contribution in [0.1, 0.15) is 25.3 Å². The smallest absolute Gasteiger partial charge is 0.327 e. The molecule has 1 unspecified atom stereocenters. The number of imidazole rings is 1. The molecule has 1 saturated heterocycles. The Kier molecular flexibility index (Phi) is 3.95. The van der Waals surface area contributed by atoms with Crippen molar-refractivity contribution < 1.29 is 4.74 Å². The Morgan fingerprint density at radius 2 is 2.18 bits per heavy atom. The van der Waals surface area contributed by atoms with Crippen molar-refractivity contribution >= 4 is 27.8 Å². The monoisotopic (exact) mass is 374 g/mol. The van der Waals surface area contributed by atoms with Gasteiger partial charge in [0.1, 0.15) is 5.52 Å². The van der Waals surface area contributed by atoms with Gasteiger partial charge in [0, 0.05) is 36.5 Å². The molecule has 140 valence electrons. The number of aromatic nitrogens is 5. The van der Waals surface area contributed by atoms with Crippen LogP contribution in [-0.4, -0.2) is 37.7 Å². The second kappa shape index (κ2) is 6.62. The van der Waals surface area contributed by atoms with Gasteiger partial charge in [-0.2, -0.15) is 0 Å². The fraction of sp³-hybridized carbons (Fsp3) is 0.300. The maximum atomic E-state index is 12.6. The van der Waals surface area contributed by atoms with E-state index in [1.54, 1.807) is 16.8 Å². The summed E-state index contributed by atoms with van der Waals surface area (Å²) in [7, 11) is 0. The van der Waals surface area contributed by atoms with Crippen LogP contribution < -0.4 is 5.69 Å². The summed E-state index contributed by atoms with van der Waals surface area (Å²) >= 11 is 0. The molecule has 2 N–H and O–H groups in total. The summed E-state index contributed by atoms with van der Waals surface area (Å²) in [6.45, 7) is 8.62. The van der Waals surface area contributed by atoms with Crippen molar-refractivity contribution in [1.82, 2.24) is 24.5 Å². The van der Waals surface area contributed by atoms with Crippen molar-refractivity contribution in [2.75, 3.05) is 13.2 Å². The molecule has 1 fully saturated rings. The highest BCUT2D eigenvalue weighted by Gasteiger charge is 2.21. The van der Waals surface area contributed by atoms with Crippen LogP contribution >= 0.6 is 0 Å². The highest BCUT2D eigenvalue weighted by Crippen LogP contribution is 2.30. The number of hydrogen-bond acceptors (Lipinski definition) is 4. The fourth-order valence-electron chi connectivity index (χ4n) is 3.89. The molecule has 4 heterocycles. The number of fused-ring (bicyclic) bond motifs is 2. The van der Waals surface area contributed by atoms with E-state index in [1.165, 1.54) is 0 Å². The van der Waals surface area contributed by atoms with Gasteiger partial charge in [-0.05, 0) is 36.8 Å². The molecule has 1 aliphatic heterocycles. The molecule has 1 aromatic carbocycles. The molecule has 3 aromatic heterocycles. The van der Waals surface area contributed by atoms with E-state index in [-0.39, 0.29) is 11.7 Å². The second-order valence-corrected chi connectivity index (χ2v) is 6.97. The largest absolute Gasteiger partial charge is 0.381 e. The molecule has 0 saturated carbocycles. The number of benzene rings is 1. The number of hydrogen-bond donors (Lipinski definition) is 2. The molecule has 28 heavy (non-hydrogen) atoms. The predicted octanol–water partition coefficient (Wildman–Crippen LogP) is 3.56. The third-order valence-corrected chi connectivity index (χ3v) is 5.28. The minimum atomic E-state index is -0.164. The van der Waals surface area contributed by atoms with Crippen molar-refractivity contribution in [3.63, 3.8) is 0 Å². The topological polar surface area (TPSA) is 93.0 Å². The summed E-state index contributed by atoms with van der Waals surface area (Å²) < 4.78 is 7.29. The van der Waals surface area contributed by atoms with Crippen molar-refractivity contribution in [2.24, 2.45) is 0 Å². The first-order valence-electron chi connectivity index (χ1n) is 9.28. The zero-order valence-corrected chi connectivity index (χ0v) is 15.1. The first kappa shape index (κ1) is 16.7. The Hall–Kier alpha value is -3.44. The van der Waals surface area contributed by atoms with E-state index in [4.69, 9.17) is 16.3 Å². The SMILES string of the molecule is [C-]#[N+]c1ccc2[nH]cc(-c3ncc4[nH]c(=O)n(C5CCCOCC5)c4n3)c2c1. The van der Waals surface area contributed by atoms with E-state index in [9.17, 15) is 4.79 Å². The lowest BCUT2D eigenvalue weighted by atomic mass is 10.1. The minimum absolute atomic E-state index is 0.0585. The van der Waals surface area contributed by atoms with Crippen LogP contribution in [-0.2, 0) is 4.74 Å². The standard InChI is InChI=1S/C20H18N6O2/c1-21-12-4-5-16-14(9-12)15(10-22-16)18-23-11-17-19(25-18)26(20(27)24-17)13-3-2-7-28-8-6-13/h4-5,9-11,13,22H,2-3,6-8H2,(H,24,27). The third kappa shape index (κ3) is 2.68. The van der Waals surface area contributed by atoms with Crippen molar-refractivity contribution in [3.8, 4) is 11.4 Å². The molecule has 0 amide bonds. The maximum absolute atomic E-state index is 12.6. The Labute approximate surface area is 160 Å². The van der Waals surface area contributed by atoms with Gasteiger partial charge in [-0.25, -0.2) is 19.6 Å². The molecular formula is C20H18N6O2.